The first-order valence-electron chi connectivity index (χ1n) is 2.36. The number of nitrogens with zero attached hydrogens (tertiary/aromatic N) is 1. The maximum absolute atomic E-state index is 10.4. The van der Waals surface area contributed by atoms with E-state index in [2.05, 4.69) is 10.5 Å². The molecule has 1 amide bonds. The lowest BCUT2D eigenvalue weighted by atomic mass is 10.4. The van der Waals surface area contributed by atoms with Crippen LogP contribution in [-0.2, 0) is 4.79 Å². The molecule has 1 N–H and O–H groups in total. The monoisotopic (exact) mass is 110 g/mol. The summed E-state index contributed by atoms with van der Waals surface area (Å²) in [6.45, 7) is 0. The average molecular weight is 110 g/mol. The fourth-order valence-corrected chi connectivity index (χ4v) is 0.434. The van der Waals surface area contributed by atoms with Crippen LogP contribution in [0.25, 0.3) is 0 Å². The highest BCUT2D eigenvalue weighted by Crippen LogP contribution is 1.84. The Labute approximate surface area is 47.1 Å². The van der Waals surface area contributed by atoms with E-state index in [-0.39, 0.29) is 5.91 Å². The molecule has 1 aliphatic heterocycles. The third-order valence-corrected chi connectivity index (χ3v) is 0.789. The first-order chi connectivity index (χ1) is 3.89. The van der Waals surface area contributed by atoms with Crippen molar-refractivity contribution >= 4 is 12.1 Å². The zero-order valence-corrected chi connectivity index (χ0v) is 4.29. The maximum Gasteiger partial charge on any atom is 0.243 e. The Morgan fingerprint density at radius 2 is 2.62 bits per heavy atom. The topological polar surface area (TPSA) is 41.5 Å². The van der Waals surface area contributed by atoms with Crippen molar-refractivity contribution in [2.45, 2.75) is 6.42 Å². The smallest absolute Gasteiger partial charge is 0.243 e. The summed E-state index contributed by atoms with van der Waals surface area (Å²) < 4.78 is 0. The molecule has 0 aliphatic carbocycles. The predicted molar refractivity (Wildman–Crippen MR) is 30.4 cm³/mol. The van der Waals surface area contributed by atoms with Crippen LogP contribution in [0.2, 0.25) is 0 Å². The second-order valence-corrected chi connectivity index (χ2v) is 1.45. The number of nitrogens with one attached hydrogen (secondary N) is 1. The second kappa shape index (κ2) is 2.26. The van der Waals surface area contributed by atoms with Gasteiger partial charge in [0, 0.05) is 12.6 Å². The fourth-order valence-electron chi connectivity index (χ4n) is 0.434. The van der Waals surface area contributed by atoms with Crippen LogP contribution >= 0.6 is 0 Å². The van der Waals surface area contributed by atoms with Gasteiger partial charge in [-0.05, 0) is 6.08 Å². The molecular weight excluding hydrogens is 104 g/mol. The van der Waals surface area contributed by atoms with E-state index in [1.807, 2.05) is 0 Å². The van der Waals surface area contributed by atoms with Crippen molar-refractivity contribution in [3.05, 3.63) is 12.2 Å². The summed E-state index contributed by atoms with van der Waals surface area (Å²) in [5, 5.41) is 3.54. The van der Waals surface area contributed by atoms with E-state index in [0.29, 0.717) is 6.42 Å². The standard InChI is InChI=1S/C5H6N2O/c8-5-3-1-2-4-6-7-5/h1-2,4H,3H2,(H,7,8). The molecule has 3 nitrogen and oxygen atoms in total. The van der Waals surface area contributed by atoms with Gasteiger partial charge in [-0.25, -0.2) is 5.43 Å². The Morgan fingerprint density at radius 1 is 1.75 bits per heavy atom. The molecule has 8 heavy (non-hydrogen) atoms. The summed E-state index contributed by atoms with van der Waals surface area (Å²) in [5.41, 5.74) is 2.31. The van der Waals surface area contributed by atoms with Gasteiger partial charge in [-0.2, -0.15) is 5.10 Å². The van der Waals surface area contributed by atoms with Gasteiger partial charge in [-0.1, -0.05) is 6.08 Å². The molecule has 0 unspecified atom stereocenters. The number of amides is 1. The molecule has 0 aromatic rings. The summed E-state index contributed by atoms with van der Waals surface area (Å²) in [4.78, 5) is 10.4. The molecular formula is C5H6N2O. The van der Waals surface area contributed by atoms with Gasteiger partial charge in [0.2, 0.25) is 5.91 Å². The van der Waals surface area contributed by atoms with Crippen molar-refractivity contribution in [1.82, 2.24) is 5.43 Å². The number of hydrazone groups is 1. The van der Waals surface area contributed by atoms with Crippen molar-refractivity contribution in [1.29, 1.82) is 0 Å². The summed E-state index contributed by atoms with van der Waals surface area (Å²) in [6.07, 6.45) is 5.47. The number of hydrogen-bond donors (Lipinski definition) is 1. The third kappa shape index (κ3) is 1.18. The Morgan fingerprint density at radius 3 is 3.50 bits per heavy atom. The van der Waals surface area contributed by atoms with Crippen molar-refractivity contribution in [2.24, 2.45) is 5.10 Å². The molecule has 0 fully saturated rings. The minimum absolute atomic E-state index is 0.0602. The molecule has 1 heterocycles. The first kappa shape index (κ1) is 5.03. The van der Waals surface area contributed by atoms with E-state index in [9.17, 15) is 4.79 Å². The fraction of sp³-hybridized carbons (Fsp3) is 0.200. The molecule has 0 radical (unpaired) electrons. The van der Waals surface area contributed by atoms with Crippen LogP contribution in [0.15, 0.2) is 17.3 Å². The van der Waals surface area contributed by atoms with Crippen LogP contribution in [0.5, 0.6) is 0 Å². The Hall–Kier alpha value is -1.12. The quantitative estimate of drug-likeness (QED) is 0.470. The van der Waals surface area contributed by atoms with Gasteiger partial charge in [-0.3, -0.25) is 4.79 Å². The number of carbonyl (C=O) groups is 1. The zero-order chi connectivity index (χ0) is 5.82. The zero-order valence-electron chi connectivity index (χ0n) is 4.29. The molecule has 0 saturated heterocycles. The highest BCUT2D eigenvalue weighted by atomic mass is 16.2. The van der Waals surface area contributed by atoms with E-state index in [1.165, 1.54) is 0 Å². The Balaban J connectivity index is 2.58. The van der Waals surface area contributed by atoms with Crippen LogP contribution in [0.1, 0.15) is 6.42 Å². The minimum Gasteiger partial charge on any atom is -0.273 e. The Kier molecular flexibility index (Phi) is 1.42. The van der Waals surface area contributed by atoms with Crippen LogP contribution in [0, 0.1) is 0 Å². The number of hydrogen-bond acceptors (Lipinski definition) is 2. The van der Waals surface area contributed by atoms with Gasteiger partial charge in [0.15, 0.2) is 0 Å². The SMILES string of the molecule is O=C1CC=CC=NN1. The average Bonchev–Trinajstić information content (AvgIpc) is 1.94. The van der Waals surface area contributed by atoms with Crippen molar-refractivity contribution in [3.8, 4) is 0 Å². The Bertz CT molecular complexity index is 133. The van der Waals surface area contributed by atoms with Crippen molar-refractivity contribution < 1.29 is 4.79 Å². The lowest BCUT2D eigenvalue weighted by Gasteiger charge is -1.87. The van der Waals surface area contributed by atoms with Crippen LogP contribution in [0.3, 0.4) is 0 Å². The van der Waals surface area contributed by atoms with Gasteiger partial charge in [-0.15, -0.1) is 0 Å². The van der Waals surface area contributed by atoms with Gasteiger partial charge in [0.25, 0.3) is 0 Å². The highest BCUT2D eigenvalue weighted by molar-refractivity contribution is 5.82. The van der Waals surface area contributed by atoms with Crippen LogP contribution < -0.4 is 5.43 Å². The van der Waals surface area contributed by atoms with Crippen molar-refractivity contribution in [2.75, 3.05) is 0 Å². The molecule has 42 valence electrons. The summed E-state index contributed by atoms with van der Waals surface area (Å²) in [7, 11) is 0. The minimum atomic E-state index is -0.0602. The predicted octanol–water partition coefficient (Wildman–Crippen LogP) is 0.0483. The van der Waals surface area contributed by atoms with Crippen molar-refractivity contribution in [3.63, 3.8) is 0 Å². The van der Waals surface area contributed by atoms with E-state index in [4.69, 9.17) is 0 Å². The molecule has 0 spiro atoms. The molecule has 0 aromatic heterocycles. The van der Waals surface area contributed by atoms with Gasteiger partial charge in [0.1, 0.15) is 0 Å². The van der Waals surface area contributed by atoms with Crippen LogP contribution in [-0.4, -0.2) is 12.1 Å². The van der Waals surface area contributed by atoms with E-state index >= 15 is 0 Å². The molecule has 0 aromatic carbocycles. The molecule has 3 heteroatoms. The lowest BCUT2D eigenvalue weighted by Crippen LogP contribution is -2.14. The van der Waals surface area contributed by atoms with Crippen LogP contribution in [0.4, 0.5) is 0 Å². The lowest BCUT2D eigenvalue weighted by molar-refractivity contribution is -0.120. The van der Waals surface area contributed by atoms with Gasteiger partial charge in [0.05, 0.1) is 0 Å². The molecule has 0 bridgehead atoms. The number of rotatable bonds is 0. The van der Waals surface area contributed by atoms with Gasteiger partial charge >= 0.3 is 0 Å². The third-order valence-electron chi connectivity index (χ3n) is 0.789. The summed E-state index contributed by atoms with van der Waals surface area (Å²) in [5.74, 6) is -0.0602. The molecule has 1 rings (SSSR count). The normalized spacial score (nSPS) is 17.8. The number of carbonyl (C=O) groups excluding carboxylic acids is 1. The van der Waals surface area contributed by atoms with E-state index in [1.54, 1.807) is 18.4 Å². The highest BCUT2D eigenvalue weighted by Gasteiger charge is 1.94. The molecule has 0 saturated carbocycles. The summed E-state index contributed by atoms with van der Waals surface area (Å²) >= 11 is 0. The first-order valence-corrected chi connectivity index (χ1v) is 2.36. The second-order valence-electron chi connectivity index (χ2n) is 1.45. The van der Waals surface area contributed by atoms with E-state index < -0.39 is 0 Å². The molecule has 0 atom stereocenters. The van der Waals surface area contributed by atoms with Gasteiger partial charge < -0.3 is 0 Å². The largest absolute Gasteiger partial charge is 0.273 e. The summed E-state index contributed by atoms with van der Waals surface area (Å²) in [6, 6.07) is 0. The number of allylic oxidation sites excluding steroid dienone is 1. The molecule has 1 aliphatic rings. The maximum atomic E-state index is 10.4. The van der Waals surface area contributed by atoms with E-state index in [0.717, 1.165) is 0 Å².